The second-order valence-electron chi connectivity index (χ2n) is 11.4. The van der Waals surface area contributed by atoms with E-state index in [0.29, 0.717) is 12.3 Å². The van der Waals surface area contributed by atoms with Crippen molar-refractivity contribution in [2.45, 2.75) is 74.8 Å². The molecule has 4 nitrogen and oxygen atoms in total. The number of aliphatic hydroxyl groups excluding tert-OH is 2. The molecule has 41 heavy (non-hydrogen) atoms. The molecule has 0 aliphatic heterocycles. The van der Waals surface area contributed by atoms with Crippen molar-refractivity contribution >= 4 is 0 Å². The van der Waals surface area contributed by atoms with Gasteiger partial charge in [-0.1, -0.05) is 75.2 Å². The summed E-state index contributed by atoms with van der Waals surface area (Å²) in [6.45, 7) is 18.3. The van der Waals surface area contributed by atoms with Crippen LogP contribution in [0.15, 0.2) is 66.6 Å². The fourth-order valence-corrected chi connectivity index (χ4v) is 5.09. The second-order valence-corrected chi connectivity index (χ2v) is 11.4. The van der Waals surface area contributed by atoms with Gasteiger partial charge < -0.3 is 15.2 Å². The Morgan fingerprint density at radius 1 is 0.878 bits per heavy atom. The Morgan fingerprint density at radius 2 is 1.46 bits per heavy atom. The average Bonchev–Trinajstić information content (AvgIpc) is 2.82. The molecule has 0 spiro atoms. The Balaban J connectivity index is 0.000000461. The summed E-state index contributed by atoms with van der Waals surface area (Å²) in [5.74, 6) is 0.652. The molecule has 1 heterocycles. The molecule has 4 aromatic rings. The van der Waals surface area contributed by atoms with E-state index >= 15 is 0 Å². The second kappa shape index (κ2) is 15.2. The Bertz CT molecular complexity index is 1440. The van der Waals surface area contributed by atoms with Crippen LogP contribution in [0.4, 0.5) is 0 Å². The van der Waals surface area contributed by atoms with Crippen molar-refractivity contribution < 1.29 is 30.3 Å². The number of aromatic nitrogens is 2. The third kappa shape index (κ3) is 9.74. The zero-order valence-electron chi connectivity index (χ0n) is 25.8. The number of aryl methyl sites for hydroxylation is 6. The number of allylic oxidation sites excluding steroid dienone is 1. The van der Waals surface area contributed by atoms with Gasteiger partial charge in [0, 0.05) is 37.6 Å². The Kier molecular flexibility index (Phi) is 12.6. The van der Waals surface area contributed by atoms with Gasteiger partial charge >= 0.3 is 0 Å². The van der Waals surface area contributed by atoms with Crippen LogP contribution in [0, 0.1) is 53.5 Å². The molecule has 1 radical (unpaired) electrons. The summed E-state index contributed by atoms with van der Waals surface area (Å²) in [7, 11) is 0. The number of benzene rings is 3. The van der Waals surface area contributed by atoms with Crippen molar-refractivity contribution in [2.24, 2.45) is 5.92 Å². The third-order valence-electron chi connectivity index (χ3n) is 6.55. The van der Waals surface area contributed by atoms with Crippen molar-refractivity contribution in [2.75, 3.05) is 0 Å². The summed E-state index contributed by atoms with van der Waals surface area (Å²) in [5, 5.41) is 17.9. The van der Waals surface area contributed by atoms with Crippen LogP contribution < -0.4 is 0 Å². The summed E-state index contributed by atoms with van der Waals surface area (Å²) < 4.78 is 0. The van der Waals surface area contributed by atoms with Crippen LogP contribution in [0.5, 0.6) is 0 Å². The van der Waals surface area contributed by atoms with Crippen LogP contribution in [-0.4, -0.2) is 26.3 Å². The molecule has 2 N–H and O–H groups in total. The van der Waals surface area contributed by atoms with Gasteiger partial charge in [-0.25, -0.2) is 0 Å². The van der Waals surface area contributed by atoms with Gasteiger partial charge in [-0.3, -0.25) is 4.98 Å². The Morgan fingerprint density at radius 3 is 2.00 bits per heavy atom. The molecule has 3 aromatic carbocycles. The topological polar surface area (TPSA) is 66.2 Å². The summed E-state index contributed by atoms with van der Waals surface area (Å²) in [4.78, 5) is 10.1. The molecule has 219 valence electrons. The maximum absolute atomic E-state index is 9.15. The molecule has 5 heteroatoms. The van der Waals surface area contributed by atoms with Crippen LogP contribution in [0.3, 0.4) is 0 Å². The summed E-state index contributed by atoms with van der Waals surface area (Å²) >= 11 is 0. The maximum Gasteiger partial charge on any atom is 0.0878 e. The fraction of sp³-hybridized carbons (Fsp3) is 0.333. The van der Waals surface area contributed by atoms with Gasteiger partial charge in [0.2, 0.25) is 0 Å². The first-order valence-electron chi connectivity index (χ1n) is 13.9. The van der Waals surface area contributed by atoms with E-state index in [1.54, 1.807) is 6.92 Å². The molecule has 4 rings (SSSR count). The van der Waals surface area contributed by atoms with E-state index in [9.17, 15) is 0 Å². The number of hydrogen-bond donors (Lipinski definition) is 2. The Labute approximate surface area is 260 Å². The van der Waals surface area contributed by atoms with Gasteiger partial charge in [0.1, 0.15) is 0 Å². The molecule has 1 aromatic heterocycles. The third-order valence-corrected chi connectivity index (χ3v) is 6.55. The normalized spacial score (nSPS) is 11.9. The van der Waals surface area contributed by atoms with Crippen molar-refractivity contribution in [3.05, 3.63) is 106 Å². The van der Waals surface area contributed by atoms with E-state index in [1.807, 2.05) is 20.0 Å². The van der Waals surface area contributed by atoms with Crippen molar-refractivity contribution in [3.63, 3.8) is 0 Å². The number of rotatable bonds is 6. The van der Waals surface area contributed by atoms with Crippen molar-refractivity contribution in [1.29, 1.82) is 0 Å². The van der Waals surface area contributed by atoms with Crippen LogP contribution in [0.2, 0.25) is 0 Å². The van der Waals surface area contributed by atoms with Gasteiger partial charge in [0.25, 0.3) is 0 Å². The number of hydrogen-bond acceptors (Lipinski definition) is 4. The van der Waals surface area contributed by atoms with Crippen LogP contribution in [0.25, 0.3) is 33.8 Å². The minimum Gasteiger partial charge on any atom is -0.513 e. The molecule has 0 aliphatic carbocycles. The number of aliphatic hydroxyl groups is 2. The van der Waals surface area contributed by atoms with Crippen LogP contribution in [-0.2, 0) is 20.1 Å². The molecule has 1 unspecified atom stereocenters. The molecule has 1 atom stereocenters. The van der Waals surface area contributed by atoms with E-state index in [-0.39, 0.29) is 25.9 Å². The zero-order valence-corrected chi connectivity index (χ0v) is 28.2. The smallest absolute Gasteiger partial charge is 0.0878 e. The predicted molar refractivity (Wildman–Crippen MR) is 167 cm³/mol. The molecule has 0 aliphatic rings. The summed E-state index contributed by atoms with van der Waals surface area (Å²) in [6, 6.07) is 20.7. The first-order valence-corrected chi connectivity index (χ1v) is 13.9. The quantitative estimate of drug-likeness (QED) is 0.154. The molecular weight excluding hydrogens is 685 g/mol. The SMILES string of the molecule is CC(O)=CC(O)CC(C)C.Cc1[c-]c(-c2ncc(-c3c(C)cccc3C)nc2-c2cc(C)cc(C)c2)cc(C)c1.[Ir]. The van der Waals surface area contributed by atoms with Gasteiger partial charge in [0.05, 0.1) is 23.3 Å². The first-order chi connectivity index (χ1) is 18.8. The monoisotopic (exact) mass is 728 g/mol. The van der Waals surface area contributed by atoms with E-state index in [2.05, 4.69) is 96.1 Å². The molecule has 0 amide bonds. The molecule has 0 fully saturated rings. The van der Waals surface area contributed by atoms with Gasteiger partial charge in [-0.2, -0.15) is 0 Å². The van der Waals surface area contributed by atoms with E-state index in [1.165, 1.54) is 33.9 Å². The fourth-order valence-electron chi connectivity index (χ4n) is 5.09. The summed E-state index contributed by atoms with van der Waals surface area (Å²) in [6.07, 6.45) is 3.57. The first kappa shape index (κ1) is 34.1. The zero-order chi connectivity index (χ0) is 29.6. The average molecular weight is 728 g/mol. The van der Waals surface area contributed by atoms with Crippen LogP contribution in [0.1, 0.15) is 60.6 Å². The minimum absolute atomic E-state index is 0. The Hall–Kier alpha value is -3.11. The predicted octanol–water partition coefficient (Wildman–Crippen LogP) is 8.98. The van der Waals surface area contributed by atoms with Crippen LogP contribution >= 0.6 is 0 Å². The minimum atomic E-state index is -0.495. The largest absolute Gasteiger partial charge is 0.513 e. The molecule has 0 saturated heterocycles. The molecule has 0 saturated carbocycles. The van der Waals surface area contributed by atoms with E-state index in [0.717, 1.165) is 39.3 Å². The van der Waals surface area contributed by atoms with Crippen molar-refractivity contribution in [3.8, 4) is 33.8 Å². The van der Waals surface area contributed by atoms with Gasteiger partial charge in [0.15, 0.2) is 0 Å². The van der Waals surface area contributed by atoms with E-state index < -0.39 is 6.10 Å². The maximum atomic E-state index is 9.15. The van der Waals surface area contributed by atoms with Gasteiger partial charge in [-0.15, -0.1) is 34.9 Å². The molecule has 0 bridgehead atoms. The number of nitrogens with zero attached hydrogens (tertiary/aromatic N) is 2. The van der Waals surface area contributed by atoms with E-state index in [4.69, 9.17) is 20.2 Å². The van der Waals surface area contributed by atoms with Crippen molar-refractivity contribution in [1.82, 2.24) is 9.97 Å². The molecular formula is C36H43IrN2O2-. The van der Waals surface area contributed by atoms with Gasteiger partial charge in [-0.05, 0) is 69.7 Å². The summed E-state index contributed by atoms with van der Waals surface area (Å²) in [5.41, 5.74) is 13.1. The standard InChI is InChI=1S/C28H27N2.C8H16O2.Ir/c1-17-10-18(2)13-23(12-17)27-28(24-14-19(3)11-20(4)15-24)30-25(16-29-27)26-21(5)8-7-9-22(26)6;1-6(2)4-8(10)5-7(3)9;/h7-12,14-16H,1-6H3;5-6,8-10H,4H2,1-3H3;/q-1;;.